The highest BCUT2D eigenvalue weighted by atomic mass is 19.4. The summed E-state index contributed by atoms with van der Waals surface area (Å²) >= 11 is 0. The lowest BCUT2D eigenvalue weighted by atomic mass is 9.94. The minimum absolute atomic E-state index is 0.229. The van der Waals surface area contributed by atoms with E-state index in [0.29, 0.717) is 18.3 Å². The van der Waals surface area contributed by atoms with Crippen molar-refractivity contribution in [2.24, 2.45) is 0 Å². The monoisotopic (exact) mass is 394 g/mol. The van der Waals surface area contributed by atoms with Crippen LogP contribution in [0.3, 0.4) is 0 Å². The minimum atomic E-state index is -4.69. The van der Waals surface area contributed by atoms with Gasteiger partial charge in [-0.05, 0) is 44.4 Å². The van der Waals surface area contributed by atoms with Crippen LogP contribution in [0.15, 0.2) is 24.3 Å². The highest BCUT2D eigenvalue weighted by Crippen LogP contribution is 2.29. The van der Waals surface area contributed by atoms with E-state index in [1.807, 2.05) is 13.8 Å². The van der Waals surface area contributed by atoms with E-state index < -0.39 is 6.36 Å². The van der Waals surface area contributed by atoms with Gasteiger partial charge in [-0.25, -0.2) is 4.98 Å². The second-order valence-electron chi connectivity index (χ2n) is 7.23. The van der Waals surface area contributed by atoms with E-state index in [-0.39, 0.29) is 11.8 Å². The molecular formula is C20H25F3N4O. The van der Waals surface area contributed by atoms with E-state index in [1.54, 1.807) is 12.1 Å². The number of alkyl halides is 3. The molecule has 1 saturated carbocycles. The number of rotatable bonds is 5. The van der Waals surface area contributed by atoms with Crippen molar-refractivity contribution >= 4 is 11.8 Å². The summed E-state index contributed by atoms with van der Waals surface area (Å²) in [4.78, 5) is 11.2. The first-order chi connectivity index (χ1) is 13.2. The summed E-state index contributed by atoms with van der Waals surface area (Å²) in [5.41, 5.74) is 8.61. The number of hydrogen-bond donors (Lipinski definition) is 1. The van der Waals surface area contributed by atoms with E-state index in [1.165, 1.54) is 18.6 Å². The van der Waals surface area contributed by atoms with Gasteiger partial charge in [0.15, 0.2) is 0 Å². The first-order valence-corrected chi connectivity index (χ1v) is 9.45. The molecule has 1 aliphatic rings. The standard InChI is InChI=1S/C20H25F3N4O/c1-13-14(2)25-19(26-18(13)24)27(16-6-4-3-5-7-16)12-15-8-10-17(11-9-15)28-20(21,22)23/h8-11,16H,3-7,12H2,1-2H3,(H2,24,25,26). The highest BCUT2D eigenvalue weighted by molar-refractivity contribution is 5.48. The van der Waals surface area contributed by atoms with Gasteiger partial charge < -0.3 is 15.4 Å². The van der Waals surface area contributed by atoms with Crippen molar-refractivity contribution in [2.75, 3.05) is 10.6 Å². The molecule has 28 heavy (non-hydrogen) atoms. The Hall–Kier alpha value is -2.51. The maximum Gasteiger partial charge on any atom is 0.573 e. The van der Waals surface area contributed by atoms with Crippen molar-refractivity contribution in [1.29, 1.82) is 0 Å². The average Bonchev–Trinajstić information content (AvgIpc) is 2.64. The number of aromatic nitrogens is 2. The third-order valence-corrected chi connectivity index (χ3v) is 5.20. The van der Waals surface area contributed by atoms with Gasteiger partial charge in [-0.1, -0.05) is 31.4 Å². The summed E-state index contributed by atoms with van der Waals surface area (Å²) in [6, 6.07) is 6.22. The number of nitrogens with zero attached hydrogens (tertiary/aromatic N) is 3. The molecule has 2 aromatic rings. The van der Waals surface area contributed by atoms with Crippen LogP contribution in [0.1, 0.15) is 48.9 Å². The van der Waals surface area contributed by atoms with Crippen molar-refractivity contribution in [2.45, 2.75) is 64.9 Å². The van der Waals surface area contributed by atoms with Crippen LogP contribution in [0.25, 0.3) is 0 Å². The summed E-state index contributed by atoms with van der Waals surface area (Å²) in [5.74, 6) is 0.799. The number of halogens is 3. The molecule has 3 rings (SSSR count). The molecule has 0 radical (unpaired) electrons. The number of anilines is 2. The van der Waals surface area contributed by atoms with E-state index in [4.69, 9.17) is 5.73 Å². The zero-order valence-electron chi connectivity index (χ0n) is 16.1. The smallest absolute Gasteiger partial charge is 0.406 e. The van der Waals surface area contributed by atoms with Crippen LogP contribution in [0.2, 0.25) is 0 Å². The second kappa shape index (κ2) is 8.24. The van der Waals surface area contributed by atoms with Crippen molar-refractivity contribution in [3.8, 4) is 5.75 Å². The van der Waals surface area contributed by atoms with Crippen LogP contribution in [0.5, 0.6) is 5.75 Å². The predicted molar refractivity (Wildman–Crippen MR) is 102 cm³/mol. The Kier molecular flexibility index (Phi) is 5.96. The Bertz CT molecular complexity index is 779. The molecule has 0 bridgehead atoms. The van der Waals surface area contributed by atoms with Gasteiger partial charge in [0, 0.05) is 23.8 Å². The van der Waals surface area contributed by atoms with Gasteiger partial charge in [0.2, 0.25) is 5.95 Å². The number of nitrogen functional groups attached to an aromatic ring is 1. The number of nitrogens with two attached hydrogens (primary N) is 1. The minimum Gasteiger partial charge on any atom is -0.406 e. The average molecular weight is 394 g/mol. The maximum atomic E-state index is 12.4. The van der Waals surface area contributed by atoms with Gasteiger partial charge in [0.1, 0.15) is 11.6 Å². The fraction of sp³-hybridized carbons (Fsp3) is 0.500. The normalized spacial score (nSPS) is 15.5. The third kappa shape index (κ3) is 5.05. The zero-order valence-corrected chi connectivity index (χ0v) is 16.1. The molecular weight excluding hydrogens is 369 g/mol. The van der Waals surface area contributed by atoms with Gasteiger partial charge in [0.25, 0.3) is 0 Å². The summed E-state index contributed by atoms with van der Waals surface area (Å²) < 4.78 is 41.0. The highest BCUT2D eigenvalue weighted by Gasteiger charge is 2.31. The zero-order chi connectivity index (χ0) is 20.3. The summed E-state index contributed by atoms with van der Waals surface area (Å²) in [5, 5.41) is 0. The van der Waals surface area contributed by atoms with Crippen molar-refractivity contribution in [3.05, 3.63) is 41.1 Å². The van der Waals surface area contributed by atoms with Crippen LogP contribution in [-0.4, -0.2) is 22.4 Å². The quantitative estimate of drug-likeness (QED) is 0.780. The second-order valence-corrected chi connectivity index (χ2v) is 7.23. The largest absolute Gasteiger partial charge is 0.573 e. The Labute approximate surface area is 162 Å². The Morgan fingerprint density at radius 1 is 1.07 bits per heavy atom. The molecule has 152 valence electrons. The summed E-state index contributed by atoms with van der Waals surface area (Å²) in [7, 11) is 0. The van der Waals surface area contributed by atoms with Crippen molar-refractivity contribution in [1.82, 2.24) is 9.97 Å². The molecule has 8 heteroatoms. The summed E-state index contributed by atoms with van der Waals surface area (Å²) in [6.45, 7) is 4.29. The van der Waals surface area contributed by atoms with Crippen LogP contribution in [0, 0.1) is 13.8 Å². The van der Waals surface area contributed by atoms with E-state index in [2.05, 4.69) is 19.6 Å². The van der Waals surface area contributed by atoms with E-state index in [9.17, 15) is 13.2 Å². The van der Waals surface area contributed by atoms with E-state index >= 15 is 0 Å². The van der Waals surface area contributed by atoms with Gasteiger partial charge in [-0.2, -0.15) is 4.98 Å². The molecule has 1 heterocycles. The third-order valence-electron chi connectivity index (χ3n) is 5.20. The molecule has 1 aliphatic carbocycles. The topological polar surface area (TPSA) is 64.3 Å². The van der Waals surface area contributed by atoms with Gasteiger partial charge in [-0.3, -0.25) is 0 Å². The number of benzene rings is 1. The number of ether oxygens (including phenoxy) is 1. The van der Waals surface area contributed by atoms with Crippen LogP contribution >= 0.6 is 0 Å². The lowest BCUT2D eigenvalue weighted by Gasteiger charge is -2.35. The molecule has 1 aromatic heterocycles. The first kappa shape index (κ1) is 20.2. The maximum absolute atomic E-state index is 12.4. The van der Waals surface area contributed by atoms with E-state index in [0.717, 1.165) is 42.5 Å². The van der Waals surface area contributed by atoms with Crippen LogP contribution in [-0.2, 0) is 6.54 Å². The fourth-order valence-corrected chi connectivity index (χ4v) is 3.51. The number of aryl methyl sites for hydroxylation is 1. The lowest BCUT2D eigenvalue weighted by molar-refractivity contribution is -0.274. The van der Waals surface area contributed by atoms with Crippen molar-refractivity contribution in [3.63, 3.8) is 0 Å². The Morgan fingerprint density at radius 3 is 2.29 bits per heavy atom. The molecule has 5 nitrogen and oxygen atoms in total. The molecule has 0 amide bonds. The van der Waals surface area contributed by atoms with Gasteiger partial charge >= 0.3 is 6.36 Å². The van der Waals surface area contributed by atoms with Gasteiger partial charge in [-0.15, -0.1) is 13.2 Å². The first-order valence-electron chi connectivity index (χ1n) is 9.45. The number of hydrogen-bond acceptors (Lipinski definition) is 5. The molecule has 0 spiro atoms. The molecule has 1 aromatic carbocycles. The molecule has 0 atom stereocenters. The Morgan fingerprint density at radius 2 is 1.71 bits per heavy atom. The molecule has 1 fully saturated rings. The van der Waals surface area contributed by atoms with Crippen molar-refractivity contribution < 1.29 is 17.9 Å². The van der Waals surface area contributed by atoms with Crippen LogP contribution in [0.4, 0.5) is 24.9 Å². The van der Waals surface area contributed by atoms with Gasteiger partial charge in [0.05, 0.1) is 0 Å². The molecule has 2 N–H and O–H groups in total. The summed E-state index contributed by atoms with van der Waals surface area (Å²) in [6.07, 6.45) is 0.862. The SMILES string of the molecule is Cc1nc(N(Cc2ccc(OC(F)(F)F)cc2)C2CCCCC2)nc(N)c1C. The predicted octanol–water partition coefficient (Wildman–Crippen LogP) is 4.91. The molecule has 0 saturated heterocycles. The fourth-order valence-electron chi connectivity index (χ4n) is 3.51. The molecule has 0 unspecified atom stereocenters. The van der Waals surface area contributed by atoms with Crippen LogP contribution < -0.4 is 15.4 Å². The lowest BCUT2D eigenvalue weighted by Crippen LogP contribution is -2.38. The molecule has 0 aliphatic heterocycles. The Balaban J connectivity index is 1.85.